The molecule has 3 aromatic rings. The summed E-state index contributed by atoms with van der Waals surface area (Å²) < 4.78 is 12.7. The standard InChI is InChI=1S/C18H18ClN3O5/c1-26-17-13-11(9-2-4-10(19)5-3-9)6-22(16(13)20-8-21-17)18-15(25)14(24)12(7-23)27-18/h2-6,8,12,14-15,18,23-25H,7H2,1H3/t12-,14-,15-,18-/m1/s1. The highest BCUT2D eigenvalue weighted by Gasteiger charge is 2.44. The average molecular weight is 392 g/mol. The molecule has 2 aromatic heterocycles. The van der Waals surface area contributed by atoms with Crippen molar-refractivity contribution in [2.75, 3.05) is 13.7 Å². The van der Waals surface area contributed by atoms with Crippen LogP contribution in [0.3, 0.4) is 0 Å². The Morgan fingerprint density at radius 2 is 1.93 bits per heavy atom. The number of aliphatic hydroxyl groups excluding tert-OH is 3. The zero-order valence-corrected chi connectivity index (χ0v) is 15.1. The minimum Gasteiger partial charge on any atom is -0.480 e. The molecule has 0 spiro atoms. The fourth-order valence-corrected chi connectivity index (χ4v) is 3.49. The highest BCUT2D eigenvalue weighted by molar-refractivity contribution is 6.30. The van der Waals surface area contributed by atoms with Gasteiger partial charge >= 0.3 is 0 Å². The number of aromatic nitrogens is 3. The molecule has 9 heteroatoms. The lowest BCUT2D eigenvalue weighted by molar-refractivity contribution is -0.0508. The van der Waals surface area contributed by atoms with Gasteiger partial charge in [-0.25, -0.2) is 9.97 Å². The summed E-state index contributed by atoms with van der Waals surface area (Å²) in [7, 11) is 1.51. The third-order valence-electron chi connectivity index (χ3n) is 4.71. The lowest BCUT2D eigenvalue weighted by atomic mass is 10.1. The van der Waals surface area contributed by atoms with Gasteiger partial charge in [0.2, 0.25) is 5.88 Å². The lowest BCUT2D eigenvalue weighted by Gasteiger charge is -2.17. The SMILES string of the molecule is COc1ncnc2c1c(-c1ccc(Cl)cc1)cn2[C@@H]1O[C@H](CO)[C@@H](O)[C@H]1O. The molecule has 0 bridgehead atoms. The van der Waals surface area contributed by atoms with Crippen LogP contribution in [0.1, 0.15) is 6.23 Å². The van der Waals surface area contributed by atoms with E-state index in [0.29, 0.717) is 21.9 Å². The van der Waals surface area contributed by atoms with E-state index in [4.69, 9.17) is 21.1 Å². The number of aliphatic hydroxyl groups is 3. The van der Waals surface area contributed by atoms with Crippen molar-refractivity contribution in [2.24, 2.45) is 0 Å². The summed E-state index contributed by atoms with van der Waals surface area (Å²) in [4.78, 5) is 8.49. The quantitative estimate of drug-likeness (QED) is 0.616. The van der Waals surface area contributed by atoms with Crippen molar-refractivity contribution in [3.8, 4) is 17.0 Å². The van der Waals surface area contributed by atoms with Gasteiger partial charge in [0.15, 0.2) is 6.23 Å². The molecule has 1 aliphatic rings. The molecule has 0 aliphatic carbocycles. The Labute approximate surface area is 159 Å². The zero-order valence-electron chi connectivity index (χ0n) is 14.4. The van der Waals surface area contributed by atoms with Gasteiger partial charge in [0.05, 0.1) is 19.1 Å². The molecule has 142 valence electrons. The van der Waals surface area contributed by atoms with Gasteiger partial charge in [-0.15, -0.1) is 0 Å². The second kappa shape index (κ2) is 7.06. The van der Waals surface area contributed by atoms with Crippen LogP contribution >= 0.6 is 11.6 Å². The topological polar surface area (TPSA) is 110 Å². The Kier molecular flexibility index (Phi) is 4.75. The van der Waals surface area contributed by atoms with Crippen molar-refractivity contribution in [2.45, 2.75) is 24.5 Å². The van der Waals surface area contributed by atoms with Gasteiger partial charge in [0, 0.05) is 16.8 Å². The molecule has 3 heterocycles. The highest BCUT2D eigenvalue weighted by Crippen LogP contribution is 2.39. The van der Waals surface area contributed by atoms with E-state index in [1.165, 1.54) is 13.4 Å². The summed E-state index contributed by atoms with van der Waals surface area (Å²) >= 11 is 5.99. The van der Waals surface area contributed by atoms with Crippen LogP contribution < -0.4 is 4.74 Å². The molecule has 3 N–H and O–H groups in total. The van der Waals surface area contributed by atoms with Crippen molar-refractivity contribution in [3.05, 3.63) is 41.8 Å². The molecule has 1 fully saturated rings. The molecule has 0 saturated carbocycles. The summed E-state index contributed by atoms with van der Waals surface area (Å²) in [5.41, 5.74) is 2.08. The number of benzene rings is 1. The van der Waals surface area contributed by atoms with Crippen LogP contribution in [0.4, 0.5) is 0 Å². The smallest absolute Gasteiger partial charge is 0.226 e. The van der Waals surface area contributed by atoms with E-state index in [9.17, 15) is 15.3 Å². The Bertz CT molecular complexity index is 962. The average Bonchev–Trinajstić information content (AvgIpc) is 3.20. The molecule has 27 heavy (non-hydrogen) atoms. The number of rotatable bonds is 4. The molecule has 1 saturated heterocycles. The minimum atomic E-state index is -1.23. The number of fused-ring (bicyclic) bond motifs is 1. The number of hydrogen-bond donors (Lipinski definition) is 3. The molecule has 1 aromatic carbocycles. The van der Waals surface area contributed by atoms with Gasteiger partial charge in [0.1, 0.15) is 30.3 Å². The Morgan fingerprint density at radius 3 is 2.56 bits per heavy atom. The van der Waals surface area contributed by atoms with Crippen molar-refractivity contribution in [1.82, 2.24) is 14.5 Å². The van der Waals surface area contributed by atoms with Crippen molar-refractivity contribution in [1.29, 1.82) is 0 Å². The van der Waals surface area contributed by atoms with E-state index in [1.54, 1.807) is 22.9 Å². The third kappa shape index (κ3) is 2.95. The van der Waals surface area contributed by atoms with E-state index in [1.807, 2.05) is 12.1 Å². The predicted molar refractivity (Wildman–Crippen MR) is 97.5 cm³/mol. The van der Waals surface area contributed by atoms with Gasteiger partial charge in [-0.1, -0.05) is 23.7 Å². The van der Waals surface area contributed by atoms with Crippen LogP contribution in [0.2, 0.25) is 5.02 Å². The molecular formula is C18H18ClN3O5. The van der Waals surface area contributed by atoms with Gasteiger partial charge < -0.3 is 29.4 Å². The Hall–Kier alpha value is -2.23. The third-order valence-corrected chi connectivity index (χ3v) is 4.97. The minimum absolute atomic E-state index is 0.371. The highest BCUT2D eigenvalue weighted by atomic mass is 35.5. The second-order valence-corrected chi connectivity index (χ2v) is 6.70. The normalized spacial score (nSPS) is 25.2. The first kappa shape index (κ1) is 18.1. The number of nitrogens with zero attached hydrogens (tertiary/aromatic N) is 3. The Morgan fingerprint density at radius 1 is 1.19 bits per heavy atom. The molecule has 0 unspecified atom stereocenters. The maximum Gasteiger partial charge on any atom is 0.226 e. The maximum atomic E-state index is 10.4. The first-order chi connectivity index (χ1) is 13.0. The number of halogens is 1. The largest absolute Gasteiger partial charge is 0.480 e. The second-order valence-electron chi connectivity index (χ2n) is 6.27. The maximum absolute atomic E-state index is 10.4. The fraction of sp³-hybridized carbons (Fsp3) is 0.333. The van der Waals surface area contributed by atoms with Crippen LogP contribution in [-0.2, 0) is 4.74 Å². The molecule has 0 radical (unpaired) electrons. The molecule has 4 atom stereocenters. The first-order valence-corrected chi connectivity index (χ1v) is 8.71. The summed E-state index contributed by atoms with van der Waals surface area (Å²) in [6.07, 6.45) is -1.13. The van der Waals surface area contributed by atoms with Gasteiger partial charge in [0.25, 0.3) is 0 Å². The summed E-state index contributed by atoms with van der Waals surface area (Å²) in [6, 6.07) is 7.24. The van der Waals surface area contributed by atoms with E-state index >= 15 is 0 Å². The first-order valence-electron chi connectivity index (χ1n) is 8.33. The van der Waals surface area contributed by atoms with E-state index < -0.39 is 31.1 Å². The van der Waals surface area contributed by atoms with E-state index in [0.717, 1.165) is 11.1 Å². The van der Waals surface area contributed by atoms with E-state index in [2.05, 4.69) is 9.97 Å². The number of methoxy groups -OCH3 is 1. The number of hydrogen-bond acceptors (Lipinski definition) is 7. The Balaban J connectivity index is 1.91. The van der Waals surface area contributed by atoms with Gasteiger partial charge in [-0.05, 0) is 17.7 Å². The molecule has 1 aliphatic heterocycles. The lowest BCUT2D eigenvalue weighted by Crippen LogP contribution is -2.33. The monoisotopic (exact) mass is 391 g/mol. The van der Waals surface area contributed by atoms with Crippen LogP contribution in [0, 0.1) is 0 Å². The van der Waals surface area contributed by atoms with Crippen LogP contribution in [0.5, 0.6) is 5.88 Å². The van der Waals surface area contributed by atoms with Crippen LogP contribution in [-0.4, -0.2) is 61.9 Å². The summed E-state index contributed by atoms with van der Waals surface area (Å²) in [6.45, 7) is -0.406. The van der Waals surface area contributed by atoms with Gasteiger partial charge in [-0.2, -0.15) is 0 Å². The fourth-order valence-electron chi connectivity index (χ4n) is 3.36. The van der Waals surface area contributed by atoms with Crippen molar-refractivity contribution < 1.29 is 24.8 Å². The zero-order chi connectivity index (χ0) is 19.1. The molecule has 0 amide bonds. The number of ether oxygens (including phenoxy) is 2. The summed E-state index contributed by atoms with van der Waals surface area (Å²) in [5, 5.41) is 31.1. The molecule has 4 rings (SSSR count). The molecule has 8 nitrogen and oxygen atoms in total. The molecular weight excluding hydrogens is 374 g/mol. The van der Waals surface area contributed by atoms with Crippen LogP contribution in [0.25, 0.3) is 22.2 Å². The van der Waals surface area contributed by atoms with Gasteiger partial charge in [-0.3, -0.25) is 0 Å². The van der Waals surface area contributed by atoms with Crippen molar-refractivity contribution >= 4 is 22.6 Å². The summed E-state index contributed by atoms with van der Waals surface area (Å²) in [5.74, 6) is 0.371. The van der Waals surface area contributed by atoms with Crippen LogP contribution in [0.15, 0.2) is 36.8 Å². The van der Waals surface area contributed by atoms with E-state index in [-0.39, 0.29) is 0 Å². The van der Waals surface area contributed by atoms with Crippen molar-refractivity contribution in [3.63, 3.8) is 0 Å². The predicted octanol–water partition coefficient (Wildman–Crippen LogP) is 1.37.